The van der Waals surface area contributed by atoms with Crippen LogP contribution in [0.5, 0.6) is 0 Å². The summed E-state index contributed by atoms with van der Waals surface area (Å²) in [5.41, 5.74) is 1.31. The lowest BCUT2D eigenvalue weighted by atomic mass is 9.66. The molecule has 0 rings (SSSR count). The van der Waals surface area contributed by atoms with E-state index in [1.807, 2.05) is 0 Å². The predicted octanol–water partition coefficient (Wildman–Crippen LogP) is 5.87. The second-order valence-corrected chi connectivity index (χ2v) is 8.63. The van der Waals surface area contributed by atoms with Crippen molar-refractivity contribution in [2.45, 2.75) is 81.6 Å². The minimum absolute atomic E-state index is 0.435. The molecule has 0 N–H and O–H groups in total. The predicted molar refractivity (Wildman–Crippen MR) is 75.5 cm³/mol. The van der Waals surface area contributed by atoms with E-state index in [1.165, 1.54) is 19.3 Å². The van der Waals surface area contributed by atoms with Crippen LogP contribution in [0.3, 0.4) is 0 Å². The molecule has 0 unspecified atom stereocenters. The molecule has 0 bridgehead atoms. The van der Waals surface area contributed by atoms with E-state index in [9.17, 15) is 0 Å². The number of rotatable bonds is 5. The van der Waals surface area contributed by atoms with E-state index in [0.717, 1.165) is 0 Å². The molecule has 0 saturated carbocycles. The largest absolute Gasteiger partial charge is 0.0945 e. The van der Waals surface area contributed by atoms with Gasteiger partial charge in [0.25, 0.3) is 0 Å². The van der Waals surface area contributed by atoms with Crippen molar-refractivity contribution in [2.24, 2.45) is 16.2 Å². The third-order valence-electron chi connectivity index (χ3n) is 2.80. The first-order valence-electron chi connectivity index (χ1n) is 6.62. The van der Waals surface area contributed by atoms with Crippen molar-refractivity contribution >= 4 is 0 Å². The molecule has 0 aliphatic carbocycles. The Bertz CT molecular complexity index is 201. The van der Waals surface area contributed by atoms with Gasteiger partial charge < -0.3 is 0 Å². The summed E-state index contributed by atoms with van der Waals surface area (Å²) in [6.45, 7) is 21.2. The summed E-state index contributed by atoms with van der Waals surface area (Å²) in [6.07, 6.45) is 3.86. The molecular weight excluding hydrogens is 192 g/mol. The van der Waals surface area contributed by atoms with Gasteiger partial charge in [-0.05, 0) is 23.7 Å². The summed E-state index contributed by atoms with van der Waals surface area (Å²) in [7, 11) is 0. The zero-order valence-corrected chi connectivity index (χ0v) is 13.1. The molecule has 0 heterocycles. The standard InChI is InChI=1S/C16H33/c1-13(2)10-15(6,7)12-16(8,9)11-14(3,4)5/h10-12H2,1-9H3/q+1. The summed E-state index contributed by atoms with van der Waals surface area (Å²) in [5, 5.41) is 0. The molecule has 0 atom stereocenters. The minimum Gasteiger partial charge on any atom is -0.0602 e. The van der Waals surface area contributed by atoms with Crippen molar-refractivity contribution in [2.75, 3.05) is 0 Å². The smallest absolute Gasteiger partial charge is 0.0602 e. The molecule has 0 aromatic heterocycles. The minimum atomic E-state index is 0.435. The molecule has 0 radical (unpaired) electrons. The molecule has 0 fully saturated rings. The van der Waals surface area contributed by atoms with Crippen molar-refractivity contribution in [3.05, 3.63) is 5.92 Å². The fourth-order valence-corrected chi connectivity index (χ4v) is 3.81. The van der Waals surface area contributed by atoms with Gasteiger partial charge in [0.2, 0.25) is 0 Å². The monoisotopic (exact) mass is 225 g/mol. The average Bonchev–Trinajstić information content (AvgIpc) is 1.69. The van der Waals surface area contributed by atoms with Crippen molar-refractivity contribution in [3.63, 3.8) is 0 Å². The molecule has 96 valence electrons. The maximum absolute atomic E-state index is 2.42. The van der Waals surface area contributed by atoms with Gasteiger partial charge in [0.15, 0.2) is 0 Å². The van der Waals surface area contributed by atoms with Gasteiger partial charge in [0.05, 0.1) is 26.2 Å². The first-order valence-corrected chi connectivity index (χ1v) is 6.62. The van der Waals surface area contributed by atoms with Crippen LogP contribution in [0.1, 0.15) is 81.6 Å². The lowest BCUT2D eigenvalue weighted by Gasteiger charge is -2.38. The van der Waals surface area contributed by atoms with Gasteiger partial charge >= 0.3 is 0 Å². The summed E-state index contributed by atoms with van der Waals surface area (Å²) in [6, 6.07) is 0. The maximum atomic E-state index is 2.42. The van der Waals surface area contributed by atoms with Crippen LogP contribution < -0.4 is 0 Å². The second kappa shape index (κ2) is 5.02. The highest BCUT2D eigenvalue weighted by Crippen LogP contribution is 2.44. The lowest BCUT2D eigenvalue weighted by Crippen LogP contribution is -2.28. The Morgan fingerprint density at radius 2 is 1.12 bits per heavy atom. The first-order chi connectivity index (χ1) is 6.83. The van der Waals surface area contributed by atoms with Gasteiger partial charge in [-0.25, -0.2) is 0 Å². The van der Waals surface area contributed by atoms with Gasteiger partial charge in [-0.1, -0.05) is 48.5 Å². The fourth-order valence-electron chi connectivity index (χ4n) is 3.81. The molecule has 16 heavy (non-hydrogen) atoms. The van der Waals surface area contributed by atoms with Gasteiger partial charge in [-0.2, -0.15) is 0 Å². The first kappa shape index (κ1) is 15.9. The van der Waals surface area contributed by atoms with Crippen LogP contribution in [0.15, 0.2) is 0 Å². The number of hydrogen-bond acceptors (Lipinski definition) is 0. The van der Waals surface area contributed by atoms with Crippen molar-refractivity contribution in [1.29, 1.82) is 0 Å². The quantitative estimate of drug-likeness (QED) is 0.513. The van der Waals surface area contributed by atoms with Crippen molar-refractivity contribution in [3.8, 4) is 0 Å². The SMILES string of the molecule is C[C+](C)CC(C)(C)CC(C)(C)CC(C)(C)C. The Kier molecular flexibility index (Phi) is 4.98. The van der Waals surface area contributed by atoms with E-state index in [0.29, 0.717) is 16.2 Å². The van der Waals surface area contributed by atoms with E-state index < -0.39 is 0 Å². The van der Waals surface area contributed by atoms with E-state index in [2.05, 4.69) is 62.3 Å². The normalized spacial score (nSPS) is 14.1. The fraction of sp³-hybridized carbons (Fsp3) is 0.938. The average molecular weight is 225 g/mol. The highest BCUT2D eigenvalue weighted by Gasteiger charge is 2.34. The Balaban J connectivity index is 4.45. The topological polar surface area (TPSA) is 0 Å². The molecule has 0 saturated heterocycles. The van der Waals surface area contributed by atoms with E-state index in [-0.39, 0.29) is 0 Å². The summed E-state index contributed by atoms with van der Waals surface area (Å²) in [5.74, 6) is 1.55. The van der Waals surface area contributed by atoms with Crippen LogP contribution in [-0.2, 0) is 0 Å². The Labute approximate surface area is 104 Å². The zero-order chi connectivity index (χ0) is 13.2. The van der Waals surface area contributed by atoms with Crippen LogP contribution in [0.2, 0.25) is 0 Å². The highest BCUT2D eigenvalue weighted by atomic mass is 14.4. The summed E-state index contributed by atoms with van der Waals surface area (Å²) in [4.78, 5) is 0. The zero-order valence-electron chi connectivity index (χ0n) is 13.1. The molecule has 0 amide bonds. The summed E-state index contributed by atoms with van der Waals surface area (Å²) < 4.78 is 0. The van der Waals surface area contributed by atoms with E-state index >= 15 is 0 Å². The molecule has 0 spiro atoms. The highest BCUT2D eigenvalue weighted by molar-refractivity contribution is 4.90. The molecular formula is C16H33+. The Morgan fingerprint density at radius 1 is 0.688 bits per heavy atom. The van der Waals surface area contributed by atoms with Crippen LogP contribution in [0.4, 0.5) is 0 Å². The van der Waals surface area contributed by atoms with Gasteiger partial charge in [0, 0.05) is 5.41 Å². The molecule has 0 aromatic rings. The summed E-state index contributed by atoms with van der Waals surface area (Å²) >= 11 is 0. The van der Waals surface area contributed by atoms with E-state index in [4.69, 9.17) is 0 Å². The van der Waals surface area contributed by atoms with Crippen molar-refractivity contribution < 1.29 is 0 Å². The van der Waals surface area contributed by atoms with Gasteiger partial charge in [-0.15, -0.1) is 0 Å². The van der Waals surface area contributed by atoms with Crippen LogP contribution in [-0.4, -0.2) is 0 Å². The molecule has 0 aliphatic heterocycles. The van der Waals surface area contributed by atoms with Crippen LogP contribution in [0, 0.1) is 22.2 Å². The van der Waals surface area contributed by atoms with Gasteiger partial charge in [-0.3, -0.25) is 0 Å². The maximum Gasteiger partial charge on any atom is 0.0945 e. The van der Waals surface area contributed by atoms with Crippen LogP contribution in [0.25, 0.3) is 0 Å². The molecule has 0 heteroatoms. The second-order valence-electron chi connectivity index (χ2n) is 8.63. The lowest BCUT2D eigenvalue weighted by molar-refractivity contribution is 0.129. The Morgan fingerprint density at radius 3 is 1.44 bits per heavy atom. The number of hydrogen-bond donors (Lipinski definition) is 0. The van der Waals surface area contributed by atoms with E-state index in [1.54, 1.807) is 5.92 Å². The molecule has 0 nitrogen and oxygen atoms in total. The third-order valence-corrected chi connectivity index (χ3v) is 2.80. The Hall–Kier alpha value is -0.130. The molecule has 0 aromatic carbocycles. The van der Waals surface area contributed by atoms with Crippen LogP contribution >= 0.6 is 0 Å². The van der Waals surface area contributed by atoms with Crippen molar-refractivity contribution in [1.82, 2.24) is 0 Å². The third kappa shape index (κ3) is 8.07. The van der Waals surface area contributed by atoms with Gasteiger partial charge in [0.1, 0.15) is 0 Å². The molecule has 0 aliphatic rings.